The van der Waals surface area contributed by atoms with Gasteiger partial charge in [0.25, 0.3) is 0 Å². The SMILES string of the molecule is CNc1ncc(S(=O)(=O)NCCC2CC2)cn1. The Morgan fingerprint density at radius 3 is 2.53 bits per heavy atom. The summed E-state index contributed by atoms with van der Waals surface area (Å²) in [7, 11) is -1.78. The molecule has 0 unspecified atom stereocenters. The Bertz CT molecular complexity index is 468. The van der Waals surface area contributed by atoms with E-state index in [1.54, 1.807) is 7.05 Å². The number of hydrogen-bond acceptors (Lipinski definition) is 5. The maximum atomic E-state index is 11.8. The maximum Gasteiger partial charge on any atom is 0.243 e. The van der Waals surface area contributed by atoms with Gasteiger partial charge in [-0.3, -0.25) is 0 Å². The summed E-state index contributed by atoms with van der Waals surface area (Å²) in [6, 6.07) is 0. The van der Waals surface area contributed by atoms with Crippen LogP contribution in [0, 0.1) is 5.92 Å². The average Bonchev–Trinajstić information content (AvgIpc) is 3.13. The first-order chi connectivity index (χ1) is 8.12. The number of nitrogens with one attached hydrogen (secondary N) is 2. The molecule has 1 saturated carbocycles. The van der Waals surface area contributed by atoms with Crippen LogP contribution >= 0.6 is 0 Å². The van der Waals surface area contributed by atoms with Crippen LogP contribution in [0.2, 0.25) is 0 Å². The molecule has 94 valence electrons. The Hall–Kier alpha value is -1.21. The van der Waals surface area contributed by atoms with Gasteiger partial charge in [0.2, 0.25) is 16.0 Å². The number of hydrogen-bond donors (Lipinski definition) is 2. The number of rotatable bonds is 6. The van der Waals surface area contributed by atoms with E-state index in [0.29, 0.717) is 18.4 Å². The average molecular weight is 256 g/mol. The lowest BCUT2D eigenvalue weighted by Crippen LogP contribution is -2.25. The van der Waals surface area contributed by atoms with Crippen LogP contribution in [-0.2, 0) is 10.0 Å². The summed E-state index contributed by atoms with van der Waals surface area (Å²) < 4.78 is 26.2. The van der Waals surface area contributed by atoms with Gasteiger partial charge in [0.05, 0.1) is 12.4 Å². The molecule has 0 aliphatic heterocycles. The van der Waals surface area contributed by atoms with Crippen LogP contribution in [0.3, 0.4) is 0 Å². The summed E-state index contributed by atoms with van der Waals surface area (Å²) in [5.41, 5.74) is 0. The van der Waals surface area contributed by atoms with Crippen LogP contribution in [0.25, 0.3) is 0 Å². The first-order valence-corrected chi connectivity index (χ1v) is 7.09. The molecule has 1 aromatic heterocycles. The first kappa shape index (κ1) is 12.3. The smallest absolute Gasteiger partial charge is 0.243 e. The molecule has 6 nitrogen and oxygen atoms in total. The Kier molecular flexibility index (Phi) is 3.58. The molecule has 1 aromatic rings. The molecule has 0 spiro atoms. The number of nitrogens with zero attached hydrogens (tertiary/aromatic N) is 2. The third kappa shape index (κ3) is 3.37. The molecule has 1 heterocycles. The Morgan fingerprint density at radius 2 is 2.00 bits per heavy atom. The molecule has 0 aromatic carbocycles. The van der Waals surface area contributed by atoms with E-state index in [9.17, 15) is 8.42 Å². The second kappa shape index (κ2) is 4.97. The van der Waals surface area contributed by atoms with Crippen LogP contribution < -0.4 is 10.0 Å². The van der Waals surface area contributed by atoms with Gasteiger partial charge in [-0.05, 0) is 12.3 Å². The van der Waals surface area contributed by atoms with Crippen molar-refractivity contribution in [3.8, 4) is 0 Å². The van der Waals surface area contributed by atoms with E-state index < -0.39 is 10.0 Å². The van der Waals surface area contributed by atoms with Crippen LogP contribution in [0.15, 0.2) is 17.3 Å². The van der Waals surface area contributed by atoms with Gasteiger partial charge in [-0.2, -0.15) is 0 Å². The molecule has 2 rings (SSSR count). The summed E-state index contributed by atoms with van der Waals surface area (Å²) in [4.78, 5) is 7.86. The monoisotopic (exact) mass is 256 g/mol. The minimum Gasteiger partial charge on any atom is -0.357 e. The zero-order valence-electron chi connectivity index (χ0n) is 9.68. The second-order valence-corrected chi connectivity index (χ2v) is 5.89. The molecule has 0 saturated heterocycles. The van der Waals surface area contributed by atoms with Crippen LogP contribution in [0.1, 0.15) is 19.3 Å². The van der Waals surface area contributed by atoms with Crippen LogP contribution in [0.5, 0.6) is 0 Å². The van der Waals surface area contributed by atoms with E-state index in [0.717, 1.165) is 6.42 Å². The topological polar surface area (TPSA) is 84.0 Å². The van der Waals surface area contributed by atoms with Gasteiger partial charge in [-0.15, -0.1) is 0 Å². The van der Waals surface area contributed by atoms with E-state index >= 15 is 0 Å². The van der Waals surface area contributed by atoms with E-state index in [4.69, 9.17) is 0 Å². The lowest BCUT2D eigenvalue weighted by molar-refractivity contribution is 0.574. The van der Waals surface area contributed by atoms with E-state index in [-0.39, 0.29) is 4.90 Å². The molecule has 0 atom stereocenters. The molecule has 7 heteroatoms. The summed E-state index contributed by atoms with van der Waals surface area (Å²) in [6.07, 6.45) is 5.97. The first-order valence-electron chi connectivity index (χ1n) is 5.61. The summed E-state index contributed by atoms with van der Waals surface area (Å²) >= 11 is 0. The van der Waals surface area contributed by atoms with Crippen molar-refractivity contribution < 1.29 is 8.42 Å². The van der Waals surface area contributed by atoms with Crippen LogP contribution in [-0.4, -0.2) is 32.0 Å². The number of aromatic nitrogens is 2. The minimum atomic E-state index is -3.46. The highest BCUT2D eigenvalue weighted by molar-refractivity contribution is 7.89. The quantitative estimate of drug-likeness (QED) is 0.778. The van der Waals surface area contributed by atoms with Crippen molar-refractivity contribution in [2.24, 2.45) is 5.92 Å². The van der Waals surface area contributed by atoms with Crippen molar-refractivity contribution in [3.63, 3.8) is 0 Å². The molecule has 1 fully saturated rings. The predicted molar refractivity (Wildman–Crippen MR) is 64.1 cm³/mol. The highest BCUT2D eigenvalue weighted by Gasteiger charge is 2.22. The fourth-order valence-electron chi connectivity index (χ4n) is 1.47. The molecule has 0 amide bonds. The lowest BCUT2D eigenvalue weighted by Gasteiger charge is -2.06. The Labute approximate surface area is 101 Å². The molecule has 2 N–H and O–H groups in total. The molecule has 0 radical (unpaired) electrons. The van der Waals surface area contributed by atoms with Crippen LogP contribution in [0.4, 0.5) is 5.95 Å². The van der Waals surface area contributed by atoms with Gasteiger partial charge in [-0.25, -0.2) is 23.1 Å². The van der Waals surface area contributed by atoms with Gasteiger partial charge < -0.3 is 5.32 Å². The summed E-state index contributed by atoms with van der Waals surface area (Å²) in [6.45, 7) is 0.487. The third-order valence-corrected chi connectivity index (χ3v) is 4.12. The van der Waals surface area contributed by atoms with E-state index in [2.05, 4.69) is 20.0 Å². The van der Waals surface area contributed by atoms with Crippen molar-refractivity contribution in [1.29, 1.82) is 0 Å². The van der Waals surface area contributed by atoms with Gasteiger partial charge in [-0.1, -0.05) is 12.8 Å². The molecule has 1 aliphatic carbocycles. The molecule has 1 aliphatic rings. The van der Waals surface area contributed by atoms with Crippen molar-refractivity contribution in [3.05, 3.63) is 12.4 Å². The fraction of sp³-hybridized carbons (Fsp3) is 0.600. The standard InChI is InChI=1S/C10H16N4O2S/c1-11-10-12-6-9(7-13-10)17(15,16)14-5-4-8-2-3-8/h6-8,14H,2-5H2,1H3,(H,11,12,13). The number of sulfonamides is 1. The molecule has 0 bridgehead atoms. The van der Waals surface area contributed by atoms with Gasteiger partial charge in [0.1, 0.15) is 4.90 Å². The molecule has 17 heavy (non-hydrogen) atoms. The van der Waals surface area contributed by atoms with E-state index in [1.807, 2.05) is 0 Å². The zero-order valence-corrected chi connectivity index (χ0v) is 10.5. The largest absolute Gasteiger partial charge is 0.357 e. The lowest BCUT2D eigenvalue weighted by atomic mass is 10.3. The van der Waals surface area contributed by atoms with E-state index in [1.165, 1.54) is 25.2 Å². The second-order valence-electron chi connectivity index (χ2n) is 4.12. The van der Waals surface area contributed by atoms with Crippen molar-refractivity contribution in [2.45, 2.75) is 24.2 Å². The highest BCUT2D eigenvalue weighted by Crippen LogP contribution is 2.31. The van der Waals surface area contributed by atoms with Crippen molar-refractivity contribution in [2.75, 3.05) is 18.9 Å². The molecular formula is C10H16N4O2S. The third-order valence-electron chi connectivity index (χ3n) is 2.70. The van der Waals surface area contributed by atoms with Crippen molar-refractivity contribution in [1.82, 2.24) is 14.7 Å². The van der Waals surface area contributed by atoms with Gasteiger partial charge in [0, 0.05) is 13.6 Å². The Balaban J connectivity index is 1.96. The Morgan fingerprint density at radius 1 is 1.35 bits per heavy atom. The normalized spacial score (nSPS) is 15.8. The fourth-order valence-corrected chi connectivity index (χ4v) is 2.41. The van der Waals surface area contributed by atoms with Crippen molar-refractivity contribution >= 4 is 16.0 Å². The zero-order chi connectivity index (χ0) is 12.3. The minimum absolute atomic E-state index is 0.104. The predicted octanol–water partition coefficient (Wildman–Crippen LogP) is 0.597. The highest BCUT2D eigenvalue weighted by atomic mass is 32.2. The maximum absolute atomic E-state index is 11.8. The van der Waals surface area contributed by atoms with Gasteiger partial charge >= 0.3 is 0 Å². The summed E-state index contributed by atoms with van der Waals surface area (Å²) in [5.74, 6) is 1.11. The molecular weight excluding hydrogens is 240 g/mol. The summed E-state index contributed by atoms with van der Waals surface area (Å²) in [5, 5.41) is 2.73. The number of anilines is 1. The van der Waals surface area contributed by atoms with Gasteiger partial charge in [0.15, 0.2) is 0 Å².